The van der Waals surface area contributed by atoms with Gasteiger partial charge in [0.25, 0.3) is 0 Å². The smallest absolute Gasteiger partial charge is 0.308 e. The van der Waals surface area contributed by atoms with Crippen LogP contribution in [0.1, 0.15) is 225 Å². The molecule has 0 amide bonds. The molecule has 3 nitrogen and oxygen atoms in total. The van der Waals surface area contributed by atoms with E-state index < -0.39 is 7.60 Å². The monoisotopic (exact) mass is 677 g/mol. The molecule has 1 rings (SSSR count). The maximum Gasteiger partial charge on any atom is 0.335 e. The van der Waals surface area contributed by atoms with Crippen LogP contribution in [0, 0.1) is 0 Å². The van der Waals surface area contributed by atoms with Crippen LogP contribution in [0.2, 0.25) is 0 Å². The Balaban J connectivity index is 2.04. The molecular formula is C43H81O3P. The van der Waals surface area contributed by atoms with Crippen molar-refractivity contribution in [2.45, 2.75) is 225 Å². The first-order chi connectivity index (χ1) is 23.2. The third kappa shape index (κ3) is 31.1. The summed E-state index contributed by atoms with van der Waals surface area (Å²) in [4.78, 5) is 0. The Labute approximate surface area is 295 Å². The molecule has 0 saturated heterocycles. The molecule has 4 heteroatoms. The van der Waals surface area contributed by atoms with Gasteiger partial charge in [0.1, 0.15) is 0 Å². The van der Waals surface area contributed by atoms with Crippen LogP contribution in [0.15, 0.2) is 30.3 Å². The summed E-state index contributed by atoms with van der Waals surface area (Å²) in [5.41, 5.74) is 1.04. The van der Waals surface area contributed by atoms with E-state index >= 15 is 0 Å². The predicted molar refractivity (Wildman–Crippen MR) is 209 cm³/mol. The number of benzene rings is 1. The van der Waals surface area contributed by atoms with Crippen molar-refractivity contribution in [3.05, 3.63) is 35.9 Å². The Hall–Kier alpha value is -0.630. The van der Waals surface area contributed by atoms with E-state index in [0.29, 0.717) is 19.4 Å². The Morgan fingerprint density at radius 1 is 0.383 bits per heavy atom. The molecule has 0 heterocycles. The summed E-state index contributed by atoms with van der Waals surface area (Å²) >= 11 is 0. The largest absolute Gasteiger partial charge is 0.335 e. The molecule has 0 radical (unpaired) electrons. The summed E-state index contributed by atoms with van der Waals surface area (Å²) in [6.45, 7) is 5.67. The molecule has 47 heavy (non-hydrogen) atoms. The van der Waals surface area contributed by atoms with Crippen molar-refractivity contribution in [1.29, 1.82) is 0 Å². The third-order valence-corrected chi connectivity index (χ3v) is 11.7. The highest BCUT2D eigenvalue weighted by atomic mass is 31.2. The molecule has 0 bridgehead atoms. The van der Waals surface area contributed by atoms with E-state index in [0.717, 1.165) is 31.2 Å². The van der Waals surface area contributed by atoms with Gasteiger partial charge in [0.2, 0.25) is 0 Å². The van der Waals surface area contributed by atoms with Crippen LogP contribution >= 0.6 is 7.60 Å². The van der Waals surface area contributed by atoms with Crippen LogP contribution in [0.5, 0.6) is 0 Å². The van der Waals surface area contributed by atoms with Crippen molar-refractivity contribution in [3.63, 3.8) is 0 Å². The van der Waals surface area contributed by atoms with Gasteiger partial charge < -0.3 is 9.05 Å². The lowest BCUT2D eigenvalue weighted by atomic mass is 10.0. The van der Waals surface area contributed by atoms with Crippen LogP contribution in [0.4, 0.5) is 0 Å². The highest BCUT2D eigenvalue weighted by Crippen LogP contribution is 2.51. The van der Waals surface area contributed by atoms with Gasteiger partial charge in [0.05, 0.1) is 19.4 Å². The summed E-state index contributed by atoms with van der Waals surface area (Å²) in [7, 11) is -3.12. The Morgan fingerprint density at radius 2 is 0.638 bits per heavy atom. The van der Waals surface area contributed by atoms with E-state index in [1.165, 1.54) is 180 Å². The van der Waals surface area contributed by atoms with E-state index in [-0.39, 0.29) is 0 Å². The van der Waals surface area contributed by atoms with Gasteiger partial charge >= 0.3 is 7.60 Å². The maximum atomic E-state index is 13.7. The topological polar surface area (TPSA) is 35.5 Å². The van der Waals surface area contributed by atoms with Gasteiger partial charge in [-0.2, -0.15) is 0 Å². The van der Waals surface area contributed by atoms with Crippen molar-refractivity contribution in [3.8, 4) is 0 Å². The van der Waals surface area contributed by atoms with Gasteiger partial charge in [-0.05, 0) is 18.4 Å². The van der Waals surface area contributed by atoms with Gasteiger partial charge in [-0.25, -0.2) is 0 Å². The molecule has 1 aromatic rings. The van der Waals surface area contributed by atoms with E-state index in [2.05, 4.69) is 13.8 Å². The second-order valence-electron chi connectivity index (χ2n) is 14.5. The molecule has 0 saturated carbocycles. The van der Waals surface area contributed by atoms with Crippen molar-refractivity contribution in [2.24, 2.45) is 0 Å². The molecule has 0 atom stereocenters. The minimum Gasteiger partial charge on any atom is -0.308 e. The Kier molecular flexibility index (Phi) is 33.3. The third-order valence-electron chi connectivity index (χ3n) is 9.79. The molecule has 1 aromatic carbocycles. The predicted octanol–water partition coefficient (Wildman–Crippen LogP) is 15.9. The molecule has 0 aliphatic heterocycles. The van der Waals surface area contributed by atoms with E-state index in [9.17, 15) is 4.57 Å². The van der Waals surface area contributed by atoms with E-state index in [1.54, 1.807) is 0 Å². The van der Waals surface area contributed by atoms with Crippen LogP contribution in [0.25, 0.3) is 0 Å². The van der Waals surface area contributed by atoms with Gasteiger partial charge in [0, 0.05) is 0 Å². The highest BCUT2D eigenvalue weighted by Gasteiger charge is 2.25. The fourth-order valence-electron chi connectivity index (χ4n) is 6.64. The zero-order chi connectivity index (χ0) is 33.8. The molecule has 0 aromatic heterocycles. The molecule has 0 N–H and O–H groups in total. The zero-order valence-corrected chi connectivity index (χ0v) is 32.7. The Morgan fingerprint density at radius 3 is 0.915 bits per heavy atom. The van der Waals surface area contributed by atoms with Gasteiger partial charge in [-0.1, -0.05) is 237 Å². The van der Waals surface area contributed by atoms with Crippen molar-refractivity contribution in [2.75, 3.05) is 13.2 Å². The van der Waals surface area contributed by atoms with Crippen LogP contribution in [0.3, 0.4) is 0 Å². The van der Waals surface area contributed by atoms with Gasteiger partial charge in [0.15, 0.2) is 0 Å². The van der Waals surface area contributed by atoms with E-state index in [4.69, 9.17) is 9.05 Å². The molecule has 0 aliphatic carbocycles. The number of hydrogen-bond donors (Lipinski definition) is 0. The summed E-state index contributed by atoms with van der Waals surface area (Å²) in [5, 5.41) is 0. The van der Waals surface area contributed by atoms with Gasteiger partial charge in [-0.3, -0.25) is 4.57 Å². The molecule has 0 aliphatic rings. The summed E-state index contributed by atoms with van der Waals surface area (Å²) in [5.74, 6) is 0. The lowest BCUT2D eigenvalue weighted by molar-refractivity contribution is 0.196. The lowest BCUT2D eigenvalue weighted by Crippen LogP contribution is -2.02. The minimum absolute atomic E-state index is 0.381. The minimum atomic E-state index is -3.12. The Bertz CT molecular complexity index is 740. The normalized spacial score (nSPS) is 11.9. The summed E-state index contributed by atoms with van der Waals surface area (Å²) in [6, 6.07) is 10.1. The summed E-state index contributed by atoms with van der Waals surface area (Å²) < 4.78 is 25.7. The van der Waals surface area contributed by atoms with Crippen molar-refractivity contribution >= 4 is 7.60 Å². The zero-order valence-electron chi connectivity index (χ0n) is 31.8. The highest BCUT2D eigenvalue weighted by molar-refractivity contribution is 7.53. The maximum absolute atomic E-state index is 13.7. The lowest BCUT2D eigenvalue weighted by Gasteiger charge is -2.19. The van der Waals surface area contributed by atoms with Crippen molar-refractivity contribution in [1.82, 2.24) is 0 Å². The first-order valence-corrected chi connectivity index (χ1v) is 22.8. The first-order valence-electron chi connectivity index (χ1n) is 21.1. The second kappa shape index (κ2) is 35.2. The van der Waals surface area contributed by atoms with Crippen molar-refractivity contribution < 1.29 is 13.6 Å². The quantitative estimate of drug-likeness (QED) is 0.0516. The number of unbranched alkanes of at least 4 members (excludes halogenated alkanes) is 30. The molecule has 0 fully saturated rings. The standard InChI is InChI=1S/C43H81O3P/c1-3-5-7-9-11-13-15-17-19-21-23-25-27-29-31-36-40-45-47(44,42-43-38-34-33-35-39-43)46-41-37-32-30-28-26-24-22-20-18-16-14-12-10-8-6-4-2/h33-35,38-39H,3-32,36-37,40-42H2,1-2H3. The molecular weight excluding hydrogens is 595 g/mol. The van der Waals surface area contributed by atoms with E-state index in [1.807, 2.05) is 30.3 Å². The van der Waals surface area contributed by atoms with Crippen LogP contribution < -0.4 is 0 Å². The van der Waals surface area contributed by atoms with Gasteiger partial charge in [-0.15, -0.1) is 0 Å². The second-order valence-corrected chi connectivity index (χ2v) is 16.6. The fraction of sp³-hybridized carbons (Fsp3) is 0.860. The molecule has 0 spiro atoms. The average molecular weight is 677 g/mol. The van der Waals surface area contributed by atoms with Crippen LogP contribution in [-0.4, -0.2) is 13.2 Å². The first kappa shape index (κ1) is 44.4. The average Bonchev–Trinajstić information content (AvgIpc) is 3.08. The fourth-order valence-corrected chi connectivity index (χ4v) is 8.37. The van der Waals surface area contributed by atoms with Crippen LogP contribution in [-0.2, 0) is 19.8 Å². The molecule has 0 unspecified atom stereocenters. The number of hydrogen-bond acceptors (Lipinski definition) is 3. The number of rotatable bonds is 38. The molecule has 276 valence electrons. The SMILES string of the molecule is CCCCCCCCCCCCCCCCCCOP(=O)(Cc1ccccc1)OCCCCCCCCCCCCCCCCCC. The summed E-state index contributed by atoms with van der Waals surface area (Å²) in [6.07, 6.45) is 43.6.